The fraction of sp³-hybridized carbons (Fsp3) is 0.200. The second-order valence-corrected chi connectivity index (χ2v) is 13.5. The topological polar surface area (TPSA) is 47.9 Å². The Kier molecular flexibility index (Phi) is 9.13. The third-order valence-electron chi connectivity index (χ3n) is 5.94. The predicted octanol–water partition coefficient (Wildman–Crippen LogP) is 7.00. The Hall–Kier alpha value is -2.74. The SMILES string of the molecule is CCOP(=O)(OCC)C(Cc1ccccc1)N=P(c1ccccc1)(c1ccccc1)c1ccccc1. The molecule has 0 saturated heterocycles. The summed E-state index contributed by atoms with van der Waals surface area (Å²) in [6.45, 7) is 4.26. The van der Waals surface area contributed by atoms with Gasteiger partial charge < -0.3 is 9.05 Å². The maximum Gasteiger partial charge on any atom is 0.355 e. The highest BCUT2D eigenvalue weighted by Crippen LogP contribution is 2.59. The van der Waals surface area contributed by atoms with Crippen LogP contribution in [0.25, 0.3) is 0 Å². The van der Waals surface area contributed by atoms with Crippen molar-refractivity contribution in [3.8, 4) is 0 Å². The van der Waals surface area contributed by atoms with Gasteiger partial charge in [-0.25, -0.2) is 0 Å². The summed E-state index contributed by atoms with van der Waals surface area (Å²) in [4.78, 5) is 0. The van der Waals surface area contributed by atoms with E-state index in [1.165, 1.54) is 0 Å². The monoisotopic (exact) mass is 517 g/mol. The van der Waals surface area contributed by atoms with Gasteiger partial charge in [-0.1, -0.05) is 121 Å². The molecule has 1 unspecified atom stereocenters. The van der Waals surface area contributed by atoms with Crippen molar-refractivity contribution in [3.05, 3.63) is 127 Å². The molecule has 0 aromatic heterocycles. The number of hydrogen-bond donors (Lipinski definition) is 0. The van der Waals surface area contributed by atoms with Gasteiger partial charge in [0, 0.05) is 22.3 Å². The summed E-state index contributed by atoms with van der Waals surface area (Å²) in [5.41, 5.74) is 1.04. The first-order valence-electron chi connectivity index (χ1n) is 12.3. The Bertz CT molecular complexity index is 1200. The molecule has 0 fully saturated rings. The molecular formula is C30H33NO3P2. The largest absolute Gasteiger partial charge is 0.355 e. The van der Waals surface area contributed by atoms with Gasteiger partial charge in [-0.05, 0) is 19.4 Å². The normalized spacial score (nSPS) is 12.7. The second-order valence-electron chi connectivity index (χ2n) is 8.30. The number of benzene rings is 4. The van der Waals surface area contributed by atoms with E-state index in [4.69, 9.17) is 13.8 Å². The second kappa shape index (κ2) is 12.5. The van der Waals surface area contributed by atoms with Crippen molar-refractivity contribution in [3.63, 3.8) is 0 Å². The van der Waals surface area contributed by atoms with Crippen LogP contribution in [0.5, 0.6) is 0 Å². The molecule has 36 heavy (non-hydrogen) atoms. The van der Waals surface area contributed by atoms with Crippen molar-refractivity contribution >= 4 is 30.6 Å². The van der Waals surface area contributed by atoms with Crippen LogP contribution in [0.1, 0.15) is 19.4 Å². The zero-order chi connectivity index (χ0) is 25.3. The molecule has 4 rings (SSSR count). The summed E-state index contributed by atoms with van der Waals surface area (Å²) in [5.74, 6) is -0.686. The average molecular weight is 518 g/mol. The average Bonchev–Trinajstić information content (AvgIpc) is 2.93. The minimum Gasteiger partial charge on any atom is -0.307 e. The van der Waals surface area contributed by atoms with E-state index < -0.39 is 20.4 Å². The summed E-state index contributed by atoms with van der Waals surface area (Å²) >= 11 is 0. The molecular weight excluding hydrogens is 484 g/mol. The molecule has 0 heterocycles. The van der Waals surface area contributed by atoms with Gasteiger partial charge in [0.2, 0.25) is 0 Å². The van der Waals surface area contributed by atoms with E-state index >= 15 is 0 Å². The highest BCUT2D eigenvalue weighted by molar-refractivity contribution is 7.87. The van der Waals surface area contributed by atoms with Crippen LogP contribution in [-0.2, 0) is 20.0 Å². The van der Waals surface area contributed by atoms with Crippen LogP contribution < -0.4 is 15.9 Å². The van der Waals surface area contributed by atoms with Gasteiger partial charge in [0.15, 0.2) is 5.78 Å². The summed E-state index contributed by atoms with van der Waals surface area (Å²) < 4.78 is 31.8. The molecule has 0 aliphatic heterocycles. The molecule has 0 N–H and O–H groups in total. The van der Waals surface area contributed by atoms with Crippen LogP contribution in [0.15, 0.2) is 126 Å². The van der Waals surface area contributed by atoms with E-state index in [2.05, 4.69) is 36.4 Å². The van der Waals surface area contributed by atoms with Crippen molar-refractivity contribution < 1.29 is 13.6 Å². The summed E-state index contributed by atoms with van der Waals surface area (Å²) in [7, 11) is -6.19. The van der Waals surface area contributed by atoms with Gasteiger partial charge in [0.25, 0.3) is 0 Å². The van der Waals surface area contributed by atoms with Crippen LogP contribution >= 0.6 is 14.7 Å². The number of nitrogens with zero attached hydrogens (tertiary/aromatic N) is 1. The number of hydrogen-bond acceptors (Lipinski definition) is 4. The smallest absolute Gasteiger partial charge is 0.307 e. The first-order chi connectivity index (χ1) is 17.6. The Morgan fingerprint density at radius 1 is 0.611 bits per heavy atom. The first-order valence-corrected chi connectivity index (χ1v) is 15.7. The van der Waals surface area contributed by atoms with Gasteiger partial charge >= 0.3 is 7.60 Å². The van der Waals surface area contributed by atoms with Crippen molar-refractivity contribution in [2.24, 2.45) is 4.74 Å². The van der Waals surface area contributed by atoms with Gasteiger partial charge in [-0.2, -0.15) is 0 Å². The fourth-order valence-corrected chi connectivity index (χ4v) is 10.5. The third-order valence-corrected chi connectivity index (χ3v) is 12.1. The standard InChI is InChI=1S/C30H33NO3P2/c1-3-33-36(32,34-4-2)30(25-26-17-9-5-10-18-26)31-35(27-19-11-6-12-20-27,28-21-13-7-14-22-28)29-23-15-8-16-24-29/h5-24,30H,3-4,25H2,1-2H3. The van der Waals surface area contributed by atoms with Crippen molar-refractivity contribution in [1.82, 2.24) is 0 Å². The Balaban J connectivity index is 2.08. The maximum absolute atomic E-state index is 14.4. The van der Waals surface area contributed by atoms with E-state index in [1.54, 1.807) is 0 Å². The molecule has 4 nitrogen and oxygen atoms in total. The summed E-state index contributed by atoms with van der Waals surface area (Å²) in [6, 6.07) is 41.1. The summed E-state index contributed by atoms with van der Waals surface area (Å²) in [6.07, 6.45) is 0.451. The van der Waals surface area contributed by atoms with Crippen LogP contribution in [-0.4, -0.2) is 19.0 Å². The molecule has 0 saturated carbocycles. The maximum atomic E-state index is 14.4. The van der Waals surface area contributed by atoms with Crippen molar-refractivity contribution in [2.75, 3.05) is 13.2 Å². The van der Waals surface area contributed by atoms with Crippen LogP contribution in [0, 0.1) is 0 Å². The minimum absolute atomic E-state index is 0.283. The van der Waals surface area contributed by atoms with E-state index in [1.807, 2.05) is 98.8 Å². The van der Waals surface area contributed by atoms with Crippen LogP contribution in [0.3, 0.4) is 0 Å². The molecule has 186 valence electrons. The quantitative estimate of drug-likeness (QED) is 0.201. The lowest BCUT2D eigenvalue weighted by atomic mass is 10.1. The molecule has 0 radical (unpaired) electrons. The molecule has 0 amide bonds. The molecule has 0 spiro atoms. The first kappa shape index (κ1) is 26.3. The minimum atomic E-state index is -3.59. The lowest BCUT2D eigenvalue weighted by molar-refractivity contribution is 0.212. The van der Waals surface area contributed by atoms with Gasteiger partial charge in [0.1, 0.15) is 0 Å². The molecule has 0 bridgehead atoms. The number of rotatable bonds is 11. The zero-order valence-electron chi connectivity index (χ0n) is 20.8. The molecule has 6 heteroatoms. The lowest BCUT2D eigenvalue weighted by Crippen LogP contribution is -2.27. The fourth-order valence-electron chi connectivity index (χ4n) is 4.39. The molecule has 4 aromatic rings. The van der Waals surface area contributed by atoms with Crippen LogP contribution in [0.4, 0.5) is 0 Å². The Morgan fingerprint density at radius 3 is 1.33 bits per heavy atom. The summed E-state index contributed by atoms with van der Waals surface area (Å²) in [5, 5.41) is 3.29. The zero-order valence-corrected chi connectivity index (χ0v) is 22.6. The highest BCUT2D eigenvalue weighted by atomic mass is 31.2. The van der Waals surface area contributed by atoms with Gasteiger partial charge in [-0.3, -0.25) is 9.31 Å². The van der Waals surface area contributed by atoms with Gasteiger partial charge in [-0.15, -0.1) is 0 Å². The molecule has 0 aliphatic carbocycles. The van der Waals surface area contributed by atoms with Crippen molar-refractivity contribution in [1.29, 1.82) is 0 Å². The lowest BCUT2D eigenvalue weighted by Gasteiger charge is -2.32. The van der Waals surface area contributed by atoms with E-state index in [0.717, 1.165) is 21.5 Å². The highest BCUT2D eigenvalue weighted by Gasteiger charge is 2.39. The van der Waals surface area contributed by atoms with E-state index in [9.17, 15) is 4.57 Å². The van der Waals surface area contributed by atoms with Crippen LogP contribution in [0.2, 0.25) is 0 Å². The molecule has 4 aromatic carbocycles. The van der Waals surface area contributed by atoms with E-state index in [-0.39, 0.29) is 13.2 Å². The third kappa shape index (κ3) is 5.80. The Morgan fingerprint density at radius 2 is 0.972 bits per heavy atom. The van der Waals surface area contributed by atoms with Crippen molar-refractivity contribution in [2.45, 2.75) is 26.1 Å². The Labute approximate surface area is 214 Å². The van der Waals surface area contributed by atoms with Gasteiger partial charge in [0.05, 0.1) is 20.3 Å². The predicted molar refractivity (Wildman–Crippen MR) is 152 cm³/mol. The molecule has 1 atom stereocenters. The molecule has 0 aliphatic rings. The van der Waals surface area contributed by atoms with E-state index in [0.29, 0.717) is 6.42 Å².